The van der Waals surface area contributed by atoms with Crippen molar-refractivity contribution in [1.29, 1.82) is 0 Å². The third kappa shape index (κ3) is 5.71. The molecule has 44 heavy (non-hydrogen) atoms. The number of carbonyl (C=O) groups is 1. The first-order valence-corrected chi connectivity index (χ1v) is 13.6. The van der Waals surface area contributed by atoms with Crippen molar-refractivity contribution < 1.29 is 33.6 Å². The van der Waals surface area contributed by atoms with Gasteiger partial charge in [0.15, 0.2) is 0 Å². The minimum Gasteiger partial charge on any atom is -0.448 e. The zero-order valence-corrected chi connectivity index (χ0v) is 23.0. The monoisotopic (exact) mass is 592 g/mol. The Kier molecular flexibility index (Phi) is 7.28. The summed E-state index contributed by atoms with van der Waals surface area (Å²) in [5, 5.41) is 26.0. The van der Waals surface area contributed by atoms with Gasteiger partial charge in [-0.1, -0.05) is 72.8 Å². The van der Waals surface area contributed by atoms with Crippen molar-refractivity contribution in [2.45, 2.75) is 24.4 Å². The maximum Gasteiger partial charge on any atom is 0.515 e. The smallest absolute Gasteiger partial charge is 0.448 e. The molecule has 0 aromatic heterocycles. The summed E-state index contributed by atoms with van der Waals surface area (Å²) in [6, 6.07) is 25.6. The number of nitrogens with zero attached hydrogens (tertiary/aromatic N) is 2. The summed E-state index contributed by atoms with van der Waals surface area (Å²) in [7, 11) is 0. The lowest BCUT2D eigenvalue weighted by atomic mass is 10.0. The molecule has 11 heteroatoms. The number of allylic oxidation sites excluding steroid dienone is 2. The molecule has 11 nitrogen and oxygen atoms in total. The molecule has 0 N–H and O–H groups in total. The van der Waals surface area contributed by atoms with E-state index in [2.05, 4.69) is 0 Å². The first-order chi connectivity index (χ1) is 21.2. The number of hydrogen-bond acceptors (Lipinski definition) is 9. The third-order valence-corrected chi connectivity index (χ3v) is 7.21. The second kappa shape index (κ2) is 11.4. The van der Waals surface area contributed by atoms with Gasteiger partial charge in [0.05, 0.1) is 22.7 Å². The van der Waals surface area contributed by atoms with Gasteiger partial charge in [0, 0.05) is 47.2 Å². The molecular formula is C33H24N2O9. The minimum absolute atomic E-state index is 0.192. The molecule has 2 atom stereocenters. The van der Waals surface area contributed by atoms with E-state index in [1.807, 2.05) is 60.7 Å². The standard InChI is InChI=1S/C33H24N2O9/c36-31(43-32(19-15-25(16-20-32)34(37)38)41-29-13-5-9-23-7-1-3-11-27(23)29)44-33(21-17-26(18-22-33)35(39)40)42-30-14-6-10-24-8-2-4-12-28(24)30/h1-19,21H,20,22H2. The summed E-state index contributed by atoms with van der Waals surface area (Å²) >= 11 is 0. The van der Waals surface area contributed by atoms with Gasteiger partial charge in [-0.2, -0.15) is 0 Å². The van der Waals surface area contributed by atoms with E-state index in [0.29, 0.717) is 11.5 Å². The van der Waals surface area contributed by atoms with Crippen LogP contribution in [0.25, 0.3) is 21.5 Å². The van der Waals surface area contributed by atoms with Crippen molar-refractivity contribution in [3.05, 3.63) is 153 Å². The van der Waals surface area contributed by atoms with Gasteiger partial charge in [0.25, 0.3) is 23.0 Å². The third-order valence-electron chi connectivity index (χ3n) is 7.21. The molecule has 2 unspecified atom stereocenters. The summed E-state index contributed by atoms with van der Waals surface area (Å²) in [5.74, 6) is -2.89. The van der Waals surface area contributed by atoms with Crippen LogP contribution >= 0.6 is 0 Å². The van der Waals surface area contributed by atoms with Crippen LogP contribution in [0.1, 0.15) is 12.8 Å². The highest BCUT2D eigenvalue weighted by Crippen LogP contribution is 2.37. The minimum atomic E-state index is -1.82. The summed E-state index contributed by atoms with van der Waals surface area (Å²) < 4.78 is 24.1. The fourth-order valence-corrected chi connectivity index (χ4v) is 5.05. The SMILES string of the molecule is O=C(OC1(Oc2cccc3ccccc23)C=CC([N+](=O)[O-])=CC1)OC1(Oc2cccc3ccccc23)C=CC([N+](=O)[O-])=CC1. The van der Waals surface area contributed by atoms with Crippen LogP contribution in [0.3, 0.4) is 0 Å². The van der Waals surface area contributed by atoms with Crippen LogP contribution in [0.15, 0.2) is 133 Å². The maximum atomic E-state index is 13.5. The summed E-state index contributed by atoms with van der Waals surface area (Å²) in [4.78, 5) is 35.2. The molecular weight excluding hydrogens is 568 g/mol. The Morgan fingerprint density at radius 2 is 1.02 bits per heavy atom. The number of rotatable bonds is 8. The Bertz CT molecular complexity index is 1780. The Balaban J connectivity index is 1.32. The average molecular weight is 593 g/mol. The maximum absolute atomic E-state index is 13.5. The van der Waals surface area contributed by atoms with Crippen LogP contribution in [-0.4, -0.2) is 27.6 Å². The van der Waals surface area contributed by atoms with Crippen LogP contribution < -0.4 is 9.47 Å². The number of fused-ring (bicyclic) bond motifs is 2. The van der Waals surface area contributed by atoms with Gasteiger partial charge in [-0.25, -0.2) is 4.79 Å². The van der Waals surface area contributed by atoms with Crippen LogP contribution in [-0.2, 0) is 9.47 Å². The van der Waals surface area contributed by atoms with Gasteiger partial charge in [-0.15, -0.1) is 0 Å². The molecule has 6 rings (SSSR count). The fraction of sp³-hybridized carbons (Fsp3) is 0.121. The highest BCUT2D eigenvalue weighted by molar-refractivity contribution is 5.89. The number of carbonyl (C=O) groups excluding carboxylic acids is 1. The molecule has 0 radical (unpaired) electrons. The lowest BCUT2D eigenvalue weighted by Crippen LogP contribution is -2.45. The fourth-order valence-electron chi connectivity index (χ4n) is 5.05. The quantitative estimate of drug-likeness (QED) is 0.0896. The molecule has 0 aliphatic heterocycles. The Morgan fingerprint density at radius 3 is 1.41 bits per heavy atom. The predicted octanol–water partition coefficient (Wildman–Crippen LogP) is 7.24. The Labute approximate surface area is 250 Å². The van der Waals surface area contributed by atoms with Crippen LogP contribution in [0.2, 0.25) is 0 Å². The molecule has 0 saturated heterocycles. The van der Waals surface area contributed by atoms with E-state index in [-0.39, 0.29) is 24.2 Å². The van der Waals surface area contributed by atoms with Crippen molar-refractivity contribution in [1.82, 2.24) is 0 Å². The van der Waals surface area contributed by atoms with E-state index in [9.17, 15) is 25.0 Å². The molecule has 0 spiro atoms. The van der Waals surface area contributed by atoms with E-state index < -0.39 is 27.6 Å². The van der Waals surface area contributed by atoms with Crippen molar-refractivity contribution in [3.63, 3.8) is 0 Å². The summed E-state index contributed by atoms with van der Waals surface area (Å²) in [5.41, 5.74) is -0.384. The molecule has 0 amide bonds. The zero-order valence-electron chi connectivity index (χ0n) is 23.0. The van der Waals surface area contributed by atoms with E-state index in [1.54, 1.807) is 24.3 Å². The molecule has 0 bridgehead atoms. The summed E-state index contributed by atoms with van der Waals surface area (Å²) in [6.45, 7) is 0. The molecule has 0 heterocycles. The average Bonchev–Trinajstić information content (AvgIpc) is 3.02. The van der Waals surface area contributed by atoms with Crippen molar-refractivity contribution in [2.24, 2.45) is 0 Å². The Hall–Kier alpha value is -5.97. The van der Waals surface area contributed by atoms with E-state index in [4.69, 9.17) is 18.9 Å². The highest BCUT2D eigenvalue weighted by atomic mass is 16.8. The lowest BCUT2D eigenvalue weighted by Gasteiger charge is -2.35. The van der Waals surface area contributed by atoms with Crippen LogP contribution in [0.5, 0.6) is 11.5 Å². The summed E-state index contributed by atoms with van der Waals surface area (Å²) in [6.07, 6.45) is 5.90. The van der Waals surface area contributed by atoms with E-state index in [1.165, 1.54) is 36.5 Å². The van der Waals surface area contributed by atoms with Crippen LogP contribution in [0, 0.1) is 20.2 Å². The van der Waals surface area contributed by atoms with Crippen LogP contribution in [0.4, 0.5) is 4.79 Å². The highest BCUT2D eigenvalue weighted by Gasteiger charge is 2.43. The largest absolute Gasteiger partial charge is 0.515 e. The van der Waals surface area contributed by atoms with Gasteiger partial charge in [-0.3, -0.25) is 20.2 Å². The van der Waals surface area contributed by atoms with E-state index in [0.717, 1.165) is 21.5 Å². The van der Waals surface area contributed by atoms with Crippen molar-refractivity contribution in [3.8, 4) is 11.5 Å². The predicted molar refractivity (Wildman–Crippen MR) is 160 cm³/mol. The Morgan fingerprint density at radius 1 is 0.614 bits per heavy atom. The lowest BCUT2D eigenvalue weighted by molar-refractivity contribution is -0.420. The molecule has 2 aliphatic carbocycles. The molecule has 0 fully saturated rings. The number of hydrogen-bond donors (Lipinski definition) is 0. The molecule has 4 aromatic rings. The van der Waals surface area contributed by atoms with Gasteiger partial charge in [-0.05, 0) is 22.9 Å². The zero-order chi connectivity index (χ0) is 30.7. The van der Waals surface area contributed by atoms with Gasteiger partial charge in [0.1, 0.15) is 11.5 Å². The van der Waals surface area contributed by atoms with E-state index >= 15 is 0 Å². The van der Waals surface area contributed by atoms with Gasteiger partial charge in [0.2, 0.25) is 0 Å². The number of nitro groups is 2. The molecule has 2 aliphatic rings. The number of benzene rings is 4. The second-order valence-electron chi connectivity index (χ2n) is 10.1. The molecule has 220 valence electrons. The van der Waals surface area contributed by atoms with Gasteiger partial charge >= 0.3 is 6.16 Å². The molecule has 4 aromatic carbocycles. The topological polar surface area (TPSA) is 140 Å². The normalized spacial score (nSPS) is 20.8. The van der Waals surface area contributed by atoms with Crippen molar-refractivity contribution >= 4 is 27.7 Å². The van der Waals surface area contributed by atoms with Crippen molar-refractivity contribution in [2.75, 3.05) is 0 Å². The first kappa shape index (κ1) is 28.2. The molecule has 0 saturated carbocycles. The first-order valence-electron chi connectivity index (χ1n) is 13.6. The number of ether oxygens (including phenoxy) is 4. The van der Waals surface area contributed by atoms with Gasteiger partial charge < -0.3 is 18.9 Å². The second-order valence-corrected chi connectivity index (χ2v) is 10.1.